The van der Waals surface area contributed by atoms with E-state index in [4.69, 9.17) is 10.5 Å². The summed E-state index contributed by atoms with van der Waals surface area (Å²) in [6.07, 6.45) is 1.74. The van der Waals surface area contributed by atoms with E-state index in [-0.39, 0.29) is 30.3 Å². The lowest BCUT2D eigenvalue weighted by atomic mass is 10.3. The Balaban J connectivity index is 0.00000162. The van der Waals surface area contributed by atoms with Crippen molar-refractivity contribution in [1.82, 2.24) is 0 Å². The zero-order valence-corrected chi connectivity index (χ0v) is 11.6. The van der Waals surface area contributed by atoms with E-state index >= 15 is 0 Å². The van der Waals surface area contributed by atoms with Crippen LogP contribution < -0.4 is 10.5 Å². The number of nitrogens with zero attached hydrogens (tertiary/aromatic N) is 1. The molecule has 1 aromatic carbocycles. The molecule has 0 bridgehead atoms. The van der Waals surface area contributed by atoms with Gasteiger partial charge in [0, 0.05) is 0 Å². The summed E-state index contributed by atoms with van der Waals surface area (Å²) in [5.41, 5.74) is 4.89. The van der Waals surface area contributed by atoms with Crippen LogP contribution in [0.3, 0.4) is 0 Å². The molecular formula is C10H11BrClFN2O3. The van der Waals surface area contributed by atoms with Gasteiger partial charge in [-0.2, -0.15) is 4.39 Å². The monoisotopic (exact) mass is 340 g/mol. The van der Waals surface area contributed by atoms with Gasteiger partial charge in [0.05, 0.1) is 21.0 Å². The molecule has 1 aromatic rings. The summed E-state index contributed by atoms with van der Waals surface area (Å²) >= 11 is 3.09. The molecular weight excluding hydrogens is 330 g/mol. The van der Waals surface area contributed by atoms with E-state index < -0.39 is 16.4 Å². The van der Waals surface area contributed by atoms with Crippen molar-refractivity contribution in [3.8, 4) is 5.75 Å². The summed E-state index contributed by atoms with van der Waals surface area (Å²) in [5.74, 6) is -0.669. The van der Waals surface area contributed by atoms with Crippen LogP contribution in [0.15, 0.2) is 16.6 Å². The summed E-state index contributed by atoms with van der Waals surface area (Å²) in [4.78, 5) is 9.78. The maximum Gasteiger partial charge on any atom is 0.308 e. The van der Waals surface area contributed by atoms with E-state index in [1.165, 1.54) is 0 Å². The topological polar surface area (TPSA) is 78.4 Å². The highest BCUT2D eigenvalue weighted by Gasteiger charge is 2.39. The lowest BCUT2D eigenvalue weighted by molar-refractivity contribution is -0.387. The fourth-order valence-corrected chi connectivity index (χ4v) is 1.73. The van der Waals surface area contributed by atoms with E-state index in [0.717, 1.165) is 25.0 Å². The molecule has 0 atom stereocenters. The highest BCUT2D eigenvalue weighted by molar-refractivity contribution is 9.10. The van der Waals surface area contributed by atoms with Crippen LogP contribution >= 0.6 is 28.3 Å². The third-order valence-corrected chi connectivity index (χ3v) is 3.23. The molecule has 0 heterocycles. The minimum Gasteiger partial charge on any atom is -0.490 e. The van der Waals surface area contributed by atoms with Crippen molar-refractivity contribution in [2.45, 2.75) is 18.4 Å². The van der Waals surface area contributed by atoms with E-state index in [0.29, 0.717) is 4.47 Å². The average molecular weight is 342 g/mol. The van der Waals surface area contributed by atoms with Crippen molar-refractivity contribution in [3.63, 3.8) is 0 Å². The molecule has 0 aromatic heterocycles. The van der Waals surface area contributed by atoms with Crippen LogP contribution in [0.25, 0.3) is 0 Å². The molecule has 18 heavy (non-hydrogen) atoms. The van der Waals surface area contributed by atoms with Gasteiger partial charge in [0.2, 0.25) is 5.82 Å². The first kappa shape index (κ1) is 15.1. The molecule has 5 nitrogen and oxygen atoms in total. The maximum atomic E-state index is 13.2. The van der Waals surface area contributed by atoms with Gasteiger partial charge in [-0.1, -0.05) is 0 Å². The highest BCUT2D eigenvalue weighted by Crippen LogP contribution is 2.36. The minimum absolute atomic E-state index is 0. The van der Waals surface area contributed by atoms with E-state index in [1.807, 2.05) is 0 Å². The zero-order chi connectivity index (χ0) is 12.6. The summed E-state index contributed by atoms with van der Waals surface area (Å²) in [5, 5.41) is 10.6. The summed E-state index contributed by atoms with van der Waals surface area (Å²) < 4.78 is 18.9. The smallest absolute Gasteiger partial charge is 0.308 e. The molecule has 0 radical (unpaired) electrons. The maximum absolute atomic E-state index is 13.2. The summed E-state index contributed by atoms with van der Waals surface area (Å²) in [7, 11) is 0. The quantitative estimate of drug-likeness (QED) is 0.674. The Morgan fingerprint density at radius 3 is 2.67 bits per heavy atom. The van der Waals surface area contributed by atoms with Gasteiger partial charge in [-0.05, 0) is 34.8 Å². The molecule has 0 saturated heterocycles. The van der Waals surface area contributed by atoms with Crippen LogP contribution in [-0.2, 0) is 0 Å². The fourth-order valence-electron chi connectivity index (χ4n) is 1.30. The highest BCUT2D eigenvalue weighted by atomic mass is 79.9. The van der Waals surface area contributed by atoms with Gasteiger partial charge in [-0.3, -0.25) is 10.1 Å². The molecule has 1 aliphatic carbocycles. The first-order valence-electron chi connectivity index (χ1n) is 4.96. The molecule has 8 heteroatoms. The number of halogens is 3. The Bertz CT molecular complexity index is 482. The summed E-state index contributed by atoms with van der Waals surface area (Å²) in [6, 6.07) is 2.08. The number of hydrogen-bond donors (Lipinski definition) is 1. The first-order chi connectivity index (χ1) is 7.91. The number of rotatable bonds is 4. The fraction of sp³-hybridized carbons (Fsp3) is 0.400. The Morgan fingerprint density at radius 2 is 2.17 bits per heavy atom. The standard InChI is InChI=1S/C10H10BrFN2O3.ClH/c11-6-3-7(12)8(14(15)16)4-9(6)17-5-10(13)1-2-10;/h3-4H,1-2,5,13H2;1H. The molecule has 0 spiro atoms. The molecule has 2 N–H and O–H groups in total. The second-order valence-corrected chi connectivity index (χ2v) is 5.00. The molecule has 1 fully saturated rings. The lowest BCUT2D eigenvalue weighted by Gasteiger charge is -2.12. The van der Waals surface area contributed by atoms with Crippen LogP contribution in [0, 0.1) is 15.9 Å². The number of nitrogens with two attached hydrogens (primary N) is 1. The summed E-state index contributed by atoms with van der Waals surface area (Å²) in [6.45, 7) is 0.272. The third kappa shape index (κ3) is 3.30. The molecule has 100 valence electrons. The number of hydrogen-bond acceptors (Lipinski definition) is 4. The van der Waals surface area contributed by atoms with Gasteiger partial charge in [0.1, 0.15) is 12.4 Å². The molecule has 1 aliphatic rings. The van der Waals surface area contributed by atoms with Crippen molar-refractivity contribution in [2.24, 2.45) is 5.73 Å². The Hall–Kier alpha value is -0.920. The van der Waals surface area contributed by atoms with Crippen LogP contribution in [0.1, 0.15) is 12.8 Å². The number of nitro groups is 1. The van der Waals surface area contributed by atoms with Crippen LogP contribution in [0.2, 0.25) is 0 Å². The van der Waals surface area contributed by atoms with Crippen molar-refractivity contribution in [3.05, 3.63) is 32.5 Å². The van der Waals surface area contributed by atoms with Gasteiger partial charge in [-0.25, -0.2) is 0 Å². The van der Waals surface area contributed by atoms with Gasteiger partial charge in [0.25, 0.3) is 0 Å². The largest absolute Gasteiger partial charge is 0.490 e. The van der Waals surface area contributed by atoms with Crippen molar-refractivity contribution >= 4 is 34.0 Å². The molecule has 0 aliphatic heterocycles. The minimum atomic E-state index is -0.900. The van der Waals surface area contributed by atoms with Crippen molar-refractivity contribution in [2.75, 3.05) is 6.61 Å². The second kappa shape index (κ2) is 5.38. The third-order valence-electron chi connectivity index (χ3n) is 2.61. The van der Waals surface area contributed by atoms with Gasteiger partial charge < -0.3 is 10.5 Å². The van der Waals surface area contributed by atoms with Crippen LogP contribution in [0.4, 0.5) is 10.1 Å². The van der Waals surface area contributed by atoms with E-state index in [2.05, 4.69) is 15.9 Å². The van der Waals surface area contributed by atoms with Gasteiger partial charge >= 0.3 is 5.69 Å². The molecule has 0 unspecified atom stereocenters. The Labute approximate surface area is 117 Å². The zero-order valence-electron chi connectivity index (χ0n) is 9.19. The predicted molar refractivity (Wildman–Crippen MR) is 69.6 cm³/mol. The van der Waals surface area contributed by atoms with Crippen molar-refractivity contribution < 1.29 is 14.1 Å². The molecule has 0 amide bonds. The average Bonchev–Trinajstić information content (AvgIpc) is 2.95. The lowest BCUT2D eigenvalue weighted by Crippen LogP contribution is -2.29. The van der Waals surface area contributed by atoms with Crippen molar-refractivity contribution in [1.29, 1.82) is 0 Å². The number of ether oxygens (including phenoxy) is 1. The Morgan fingerprint density at radius 1 is 1.56 bits per heavy atom. The molecule has 1 saturated carbocycles. The number of benzene rings is 1. The van der Waals surface area contributed by atoms with Gasteiger partial charge in [0.15, 0.2) is 0 Å². The molecule has 2 rings (SSSR count). The van der Waals surface area contributed by atoms with Gasteiger partial charge in [-0.15, -0.1) is 12.4 Å². The van der Waals surface area contributed by atoms with E-state index in [9.17, 15) is 14.5 Å². The normalized spacial score (nSPS) is 15.7. The number of nitro benzene ring substituents is 1. The van der Waals surface area contributed by atoms with Crippen LogP contribution in [0.5, 0.6) is 5.75 Å². The first-order valence-corrected chi connectivity index (χ1v) is 5.76. The van der Waals surface area contributed by atoms with E-state index in [1.54, 1.807) is 0 Å². The predicted octanol–water partition coefficient (Wildman–Crippen LogP) is 2.79. The van der Waals surface area contributed by atoms with Crippen LogP contribution in [-0.4, -0.2) is 17.1 Å². The Kier molecular flexibility index (Phi) is 4.52. The SMILES string of the molecule is Cl.NC1(COc2cc([N+](=O)[O-])c(F)cc2Br)CC1. The second-order valence-electron chi connectivity index (χ2n) is 4.14.